The van der Waals surface area contributed by atoms with E-state index in [2.05, 4.69) is 18.7 Å². The maximum absolute atomic E-state index is 6.08. The first kappa shape index (κ1) is 14.3. The van der Waals surface area contributed by atoms with Crippen molar-refractivity contribution < 1.29 is 4.74 Å². The molecule has 0 aromatic rings. The van der Waals surface area contributed by atoms with Gasteiger partial charge in [-0.25, -0.2) is 0 Å². The Morgan fingerprint density at radius 2 is 2.22 bits per heavy atom. The van der Waals surface area contributed by atoms with E-state index in [1.54, 1.807) is 0 Å². The number of nitrogens with zero attached hydrogens (tertiary/aromatic N) is 1. The van der Waals surface area contributed by atoms with E-state index >= 15 is 0 Å². The first-order valence-electron chi connectivity index (χ1n) is 7.80. The van der Waals surface area contributed by atoms with E-state index in [1.165, 1.54) is 25.7 Å². The Balaban J connectivity index is 1.94. The van der Waals surface area contributed by atoms with Crippen LogP contribution in [0.3, 0.4) is 0 Å². The molecule has 1 aliphatic carbocycles. The molecule has 2 rings (SSSR count). The van der Waals surface area contributed by atoms with E-state index in [0.29, 0.717) is 12.1 Å². The summed E-state index contributed by atoms with van der Waals surface area (Å²) in [5.41, 5.74) is 6.08. The summed E-state index contributed by atoms with van der Waals surface area (Å²) in [5.74, 6) is 1.70. The third kappa shape index (κ3) is 3.46. The van der Waals surface area contributed by atoms with Gasteiger partial charge in [-0.15, -0.1) is 0 Å². The van der Waals surface area contributed by atoms with Crippen molar-refractivity contribution in [1.29, 1.82) is 0 Å². The Hall–Kier alpha value is -0.120. The average molecular weight is 254 g/mol. The van der Waals surface area contributed by atoms with E-state index < -0.39 is 0 Å². The standard InChI is InChI=1S/C15H30N2O/c1-3-14-11-17(7-8-18-14)15(10-16)13-6-4-5-12(2)9-13/h12-15H,3-11,16H2,1-2H3. The fourth-order valence-electron chi connectivity index (χ4n) is 3.76. The van der Waals surface area contributed by atoms with Gasteiger partial charge in [0.1, 0.15) is 0 Å². The second-order valence-corrected chi connectivity index (χ2v) is 6.23. The van der Waals surface area contributed by atoms with Crippen molar-refractivity contribution in [1.82, 2.24) is 4.90 Å². The molecule has 0 amide bonds. The summed E-state index contributed by atoms with van der Waals surface area (Å²) in [5, 5.41) is 0. The van der Waals surface area contributed by atoms with Gasteiger partial charge in [0.2, 0.25) is 0 Å². The van der Waals surface area contributed by atoms with Crippen LogP contribution < -0.4 is 5.73 Å². The molecule has 1 saturated heterocycles. The largest absolute Gasteiger partial charge is 0.376 e. The van der Waals surface area contributed by atoms with Crippen molar-refractivity contribution >= 4 is 0 Å². The van der Waals surface area contributed by atoms with Crippen molar-refractivity contribution in [2.24, 2.45) is 17.6 Å². The van der Waals surface area contributed by atoms with Crippen molar-refractivity contribution in [3.05, 3.63) is 0 Å². The molecule has 0 aromatic carbocycles. The highest BCUT2D eigenvalue weighted by atomic mass is 16.5. The average Bonchev–Trinajstić information content (AvgIpc) is 2.40. The summed E-state index contributed by atoms with van der Waals surface area (Å²) >= 11 is 0. The lowest BCUT2D eigenvalue weighted by Gasteiger charge is -2.43. The predicted molar refractivity (Wildman–Crippen MR) is 75.6 cm³/mol. The minimum atomic E-state index is 0.425. The molecular formula is C15H30N2O. The number of hydrogen-bond donors (Lipinski definition) is 1. The number of morpholine rings is 1. The fourth-order valence-corrected chi connectivity index (χ4v) is 3.76. The molecule has 1 saturated carbocycles. The Kier molecular flexibility index (Phi) is 5.46. The number of hydrogen-bond acceptors (Lipinski definition) is 3. The van der Waals surface area contributed by atoms with Crippen LogP contribution in [0.25, 0.3) is 0 Å². The zero-order valence-electron chi connectivity index (χ0n) is 12.1. The van der Waals surface area contributed by atoms with Gasteiger partial charge in [0, 0.05) is 25.7 Å². The third-order valence-corrected chi connectivity index (χ3v) is 4.86. The molecule has 4 atom stereocenters. The van der Waals surface area contributed by atoms with Crippen LogP contribution in [0, 0.1) is 11.8 Å². The predicted octanol–water partition coefficient (Wildman–Crippen LogP) is 2.25. The van der Waals surface area contributed by atoms with Crippen LogP contribution in [0.2, 0.25) is 0 Å². The molecule has 3 nitrogen and oxygen atoms in total. The van der Waals surface area contributed by atoms with Crippen molar-refractivity contribution in [3.8, 4) is 0 Å². The van der Waals surface area contributed by atoms with Crippen molar-refractivity contribution in [2.75, 3.05) is 26.2 Å². The van der Waals surface area contributed by atoms with Crippen molar-refractivity contribution in [2.45, 2.75) is 58.1 Å². The van der Waals surface area contributed by atoms with E-state index in [1.807, 2.05) is 0 Å². The zero-order valence-corrected chi connectivity index (χ0v) is 12.1. The highest BCUT2D eigenvalue weighted by Crippen LogP contribution is 2.33. The molecule has 0 bridgehead atoms. The summed E-state index contributed by atoms with van der Waals surface area (Å²) in [6.45, 7) is 8.47. The first-order valence-corrected chi connectivity index (χ1v) is 7.80. The van der Waals surface area contributed by atoms with E-state index in [4.69, 9.17) is 10.5 Å². The molecule has 0 radical (unpaired) electrons. The SMILES string of the molecule is CCC1CN(C(CN)C2CCCC(C)C2)CCO1. The van der Waals surface area contributed by atoms with Gasteiger partial charge in [-0.1, -0.05) is 26.7 Å². The van der Waals surface area contributed by atoms with Crippen LogP contribution in [0.1, 0.15) is 46.0 Å². The summed E-state index contributed by atoms with van der Waals surface area (Å²) in [6, 6.07) is 0.589. The highest BCUT2D eigenvalue weighted by molar-refractivity contribution is 4.86. The summed E-state index contributed by atoms with van der Waals surface area (Å²) in [7, 11) is 0. The second kappa shape index (κ2) is 6.88. The summed E-state index contributed by atoms with van der Waals surface area (Å²) in [4.78, 5) is 2.61. The Labute approximate surface area is 112 Å². The third-order valence-electron chi connectivity index (χ3n) is 4.86. The molecule has 2 fully saturated rings. The normalized spacial score (nSPS) is 36.5. The van der Waals surface area contributed by atoms with Crippen LogP contribution >= 0.6 is 0 Å². The lowest BCUT2D eigenvalue weighted by molar-refractivity contribution is -0.0552. The van der Waals surface area contributed by atoms with E-state index in [9.17, 15) is 0 Å². The summed E-state index contributed by atoms with van der Waals surface area (Å²) < 4.78 is 5.78. The van der Waals surface area contributed by atoms with Crippen molar-refractivity contribution in [3.63, 3.8) is 0 Å². The number of ether oxygens (including phenoxy) is 1. The number of nitrogens with two attached hydrogens (primary N) is 1. The Bertz CT molecular complexity index is 247. The van der Waals surface area contributed by atoms with Gasteiger partial charge in [-0.2, -0.15) is 0 Å². The van der Waals surface area contributed by atoms with E-state index in [-0.39, 0.29) is 0 Å². The number of rotatable bonds is 4. The maximum atomic E-state index is 6.08. The molecule has 18 heavy (non-hydrogen) atoms. The van der Waals surface area contributed by atoms with Gasteiger partial charge >= 0.3 is 0 Å². The first-order chi connectivity index (χ1) is 8.74. The topological polar surface area (TPSA) is 38.5 Å². The molecule has 106 valence electrons. The van der Waals surface area contributed by atoms with Crippen LogP contribution in [-0.4, -0.2) is 43.3 Å². The lowest BCUT2D eigenvalue weighted by atomic mass is 9.78. The second-order valence-electron chi connectivity index (χ2n) is 6.23. The molecule has 3 heteroatoms. The van der Waals surface area contributed by atoms with Gasteiger partial charge in [-0.05, 0) is 31.1 Å². The molecule has 0 spiro atoms. The van der Waals surface area contributed by atoms with Crippen LogP contribution in [0.4, 0.5) is 0 Å². The fraction of sp³-hybridized carbons (Fsp3) is 1.00. The molecule has 1 aliphatic heterocycles. The molecule has 4 unspecified atom stereocenters. The monoisotopic (exact) mass is 254 g/mol. The minimum Gasteiger partial charge on any atom is -0.376 e. The summed E-state index contributed by atoms with van der Waals surface area (Å²) in [6.07, 6.45) is 7.10. The Morgan fingerprint density at radius 3 is 2.89 bits per heavy atom. The van der Waals surface area contributed by atoms with Gasteiger partial charge < -0.3 is 10.5 Å². The van der Waals surface area contributed by atoms with Crippen LogP contribution in [-0.2, 0) is 4.74 Å². The molecular weight excluding hydrogens is 224 g/mol. The maximum Gasteiger partial charge on any atom is 0.0700 e. The minimum absolute atomic E-state index is 0.425. The Morgan fingerprint density at radius 1 is 1.39 bits per heavy atom. The molecule has 0 aromatic heterocycles. The van der Waals surface area contributed by atoms with Gasteiger partial charge in [0.25, 0.3) is 0 Å². The zero-order chi connectivity index (χ0) is 13.0. The quantitative estimate of drug-likeness (QED) is 0.836. The van der Waals surface area contributed by atoms with Gasteiger partial charge in [-0.3, -0.25) is 4.90 Å². The highest BCUT2D eigenvalue weighted by Gasteiger charge is 2.32. The lowest BCUT2D eigenvalue weighted by Crippen LogP contribution is -2.53. The van der Waals surface area contributed by atoms with E-state index in [0.717, 1.165) is 44.5 Å². The smallest absolute Gasteiger partial charge is 0.0700 e. The van der Waals surface area contributed by atoms with Gasteiger partial charge in [0.05, 0.1) is 12.7 Å². The van der Waals surface area contributed by atoms with Crippen LogP contribution in [0.15, 0.2) is 0 Å². The van der Waals surface area contributed by atoms with Crippen LogP contribution in [0.5, 0.6) is 0 Å². The van der Waals surface area contributed by atoms with Gasteiger partial charge in [0.15, 0.2) is 0 Å². The molecule has 1 heterocycles. The molecule has 2 aliphatic rings. The molecule has 2 N–H and O–H groups in total.